The fourth-order valence-electron chi connectivity index (χ4n) is 2.35. The van der Waals surface area contributed by atoms with Gasteiger partial charge in [0.2, 0.25) is 5.78 Å². The third kappa shape index (κ3) is 22.9. The van der Waals surface area contributed by atoms with E-state index in [1.54, 1.807) is 0 Å². The molecule has 0 atom stereocenters. The number of carboxylic acids is 1. The van der Waals surface area contributed by atoms with Crippen molar-refractivity contribution in [1.29, 1.82) is 0 Å². The molecule has 0 saturated carbocycles. The first-order chi connectivity index (χ1) is 16.0. The normalized spacial score (nSPS) is 10.7. The molecule has 0 aliphatic heterocycles. The van der Waals surface area contributed by atoms with Gasteiger partial charge in [-0.15, -0.1) is 0 Å². The summed E-state index contributed by atoms with van der Waals surface area (Å²) in [6.45, 7) is 5.18. The number of carbonyl (C=O) groups excluding carboxylic acids is 3. The minimum Gasteiger partial charge on any atom is -0.476 e. The number of unbranched alkanes of at least 4 members (excludes halogenated alkanes) is 3. The molecule has 0 amide bonds. The lowest BCUT2D eigenvalue weighted by Crippen LogP contribution is -2.17. The van der Waals surface area contributed by atoms with E-state index in [1.165, 1.54) is 0 Å². The van der Waals surface area contributed by atoms with E-state index in [0.717, 1.165) is 25.7 Å². The molecule has 0 spiro atoms. The standard InChI is InChI=1S/C22H38O11/c1-2-3-4-5-6-20(24)32-17-15-30-13-11-28-9-10-29-12-14-31-16-18-33-21(25)8-7-19(23)22(26)27/h2-18H2,1H3,(H,26,27). The van der Waals surface area contributed by atoms with Crippen LogP contribution in [-0.4, -0.2) is 94.9 Å². The first-order valence-electron chi connectivity index (χ1n) is 11.4. The summed E-state index contributed by atoms with van der Waals surface area (Å²) < 4.78 is 31.1. The summed E-state index contributed by atoms with van der Waals surface area (Å²) in [4.78, 5) is 43.9. The van der Waals surface area contributed by atoms with Gasteiger partial charge in [0.05, 0.1) is 59.3 Å². The van der Waals surface area contributed by atoms with Crippen LogP contribution in [0.1, 0.15) is 51.9 Å². The van der Waals surface area contributed by atoms with Crippen LogP contribution in [0.4, 0.5) is 0 Å². The highest BCUT2D eigenvalue weighted by Crippen LogP contribution is 2.03. The van der Waals surface area contributed by atoms with Crippen molar-refractivity contribution in [3.63, 3.8) is 0 Å². The molecule has 11 heteroatoms. The summed E-state index contributed by atoms with van der Waals surface area (Å²) in [6.07, 6.45) is 4.00. The molecule has 0 bridgehead atoms. The molecule has 0 aliphatic carbocycles. The number of Topliss-reactive ketones (excluding diaryl/α,β-unsaturated/α-hetero) is 1. The number of carbonyl (C=O) groups is 4. The fourth-order valence-corrected chi connectivity index (χ4v) is 2.35. The maximum atomic E-state index is 11.5. The molecule has 0 rings (SSSR count). The van der Waals surface area contributed by atoms with Gasteiger partial charge in [-0.2, -0.15) is 0 Å². The van der Waals surface area contributed by atoms with E-state index >= 15 is 0 Å². The van der Waals surface area contributed by atoms with Crippen molar-refractivity contribution < 1.29 is 52.7 Å². The highest BCUT2D eigenvalue weighted by molar-refractivity contribution is 6.32. The van der Waals surface area contributed by atoms with Crippen LogP contribution in [-0.2, 0) is 47.6 Å². The lowest BCUT2D eigenvalue weighted by atomic mass is 10.2. The summed E-state index contributed by atoms with van der Waals surface area (Å²) >= 11 is 0. The predicted octanol–water partition coefficient (Wildman–Crippen LogP) is 1.54. The van der Waals surface area contributed by atoms with Crippen LogP contribution in [0.15, 0.2) is 0 Å². The van der Waals surface area contributed by atoms with E-state index in [9.17, 15) is 19.2 Å². The lowest BCUT2D eigenvalue weighted by molar-refractivity contribution is -0.151. The molecule has 0 fully saturated rings. The maximum absolute atomic E-state index is 11.5. The molecule has 0 radical (unpaired) electrons. The second kappa shape index (κ2) is 23.1. The first kappa shape index (κ1) is 30.9. The van der Waals surface area contributed by atoms with Gasteiger partial charge in [-0.05, 0) is 6.42 Å². The Morgan fingerprint density at radius 1 is 0.545 bits per heavy atom. The Morgan fingerprint density at radius 2 is 0.970 bits per heavy atom. The van der Waals surface area contributed by atoms with Gasteiger partial charge in [-0.1, -0.05) is 26.2 Å². The van der Waals surface area contributed by atoms with E-state index in [1.807, 2.05) is 0 Å². The van der Waals surface area contributed by atoms with Gasteiger partial charge in [0.25, 0.3) is 0 Å². The zero-order valence-electron chi connectivity index (χ0n) is 19.6. The summed E-state index contributed by atoms with van der Waals surface area (Å²) in [7, 11) is 0. The van der Waals surface area contributed by atoms with Crippen molar-refractivity contribution in [3.8, 4) is 0 Å². The maximum Gasteiger partial charge on any atom is 0.372 e. The highest BCUT2D eigenvalue weighted by atomic mass is 16.6. The molecule has 0 aliphatic rings. The molecule has 192 valence electrons. The fraction of sp³-hybridized carbons (Fsp3) is 0.818. The van der Waals surface area contributed by atoms with Gasteiger partial charge >= 0.3 is 17.9 Å². The van der Waals surface area contributed by atoms with Gasteiger partial charge in [0.1, 0.15) is 13.2 Å². The first-order valence-corrected chi connectivity index (χ1v) is 11.4. The van der Waals surface area contributed by atoms with E-state index < -0.39 is 17.7 Å². The topological polar surface area (TPSA) is 144 Å². The molecule has 1 N–H and O–H groups in total. The average molecular weight is 479 g/mol. The Labute approximate surface area is 195 Å². The number of esters is 2. The number of aliphatic carboxylic acids is 1. The minimum atomic E-state index is -1.56. The SMILES string of the molecule is CCCCCCC(=O)OCCOCCOCCOCCOCCOC(=O)CCC(=O)C(=O)O. The van der Waals surface area contributed by atoms with Gasteiger partial charge in [-0.25, -0.2) is 4.79 Å². The molecule has 0 aromatic rings. The average Bonchev–Trinajstić information content (AvgIpc) is 2.79. The van der Waals surface area contributed by atoms with E-state index in [-0.39, 0.29) is 38.6 Å². The number of rotatable bonds is 24. The van der Waals surface area contributed by atoms with Gasteiger partial charge in [0, 0.05) is 12.8 Å². The van der Waals surface area contributed by atoms with Crippen LogP contribution in [0.25, 0.3) is 0 Å². The predicted molar refractivity (Wildman–Crippen MR) is 116 cm³/mol. The van der Waals surface area contributed by atoms with Gasteiger partial charge in [0.15, 0.2) is 0 Å². The summed E-state index contributed by atoms with van der Waals surface area (Å²) in [5.74, 6) is -3.42. The molecule has 0 heterocycles. The Bertz CT molecular complexity index is 536. The van der Waals surface area contributed by atoms with Crippen molar-refractivity contribution in [3.05, 3.63) is 0 Å². The van der Waals surface area contributed by atoms with Crippen LogP contribution in [0.5, 0.6) is 0 Å². The van der Waals surface area contributed by atoms with Crippen LogP contribution in [0.3, 0.4) is 0 Å². The summed E-state index contributed by atoms with van der Waals surface area (Å²) in [5, 5.41) is 8.40. The number of hydrogen-bond donors (Lipinski definition) is 1. The van der Waals surface area contributed by atoms with Gasteiger partial charge in [-0.3, -0.25) is 14.4 Å². The van der Waals surface area contributed by atoms with E-state index in [2.05, 4.69) is 6.92 Å². The number of ketones is 1. The van der Waals surface area contributed by atoms with E-state index in [0.29, 0.717) is 52.7 Å². The molecular formula is C22H38O11. The van der Waals surface area contributed by atoms with Crippen molar-refractivity contribution in [2.75, 3.05) is 66.1 Å². The molecule has 0 saturated heterocycles. The molecular weight excluding hydrogens is 440 g/mol. The minimum absolute atomic E-state index is 0.0152. The summed E-state index contributed by atoms with van der Waals surface area (Å²) in [5.41, 5.74) is 0. The van der Waals surface area contributed by atoms with Crippen molar-refractivity contribution in [2.45, 2.75) is 51.9 Å². The van der Waals surface area contributed by atoms with E-state index in [4.69, 9.17) is 33.5 Å². The molecule has 0 aromatic heterocycles. The second-order valence-corrected chi connectivity index (χ2v) is 6.93. The lowest BCUT2D eigenvalue weighted by Gasteiger charge is -2.08. The Hall–Kier alpha value is -2.08. The highest BCUT2D eigenvalue weighted by Gasteiger charge is 2.14. The smallest absolute Gasteiger partial charge is 0.372 e. The second-order valence-electron chi connectivity index (χ2n) is 6.93. The Balaban J connectivity index is 3.24. The van der Waals surface area contributed by atoms with Crippen LogP contribution >= 0.6 is 0 Å². The number of hydrogen-bond acceptors (Lipinski definition) is 10. The quantitative estimate of drug-likeness (QED) is 0.122. The molecule has 0 aromatic carbocycles. The Kier molecular flexibility index (Phi) is 21.6. The number of carboxylic acid groups (broad SMARTS) is 1. The van der Waals surface area contributed by atoms with Crippen molar-refractivity contribution in [2.24, 2.45) is 0 Å². The zero-order valence-corrected chi connectivity index (χ0v) is 19.6. The zero-order chi connectivity index (χ0) is 24.6. The van der Waals surface area contributed by atoms with Crippen molar-refractivity contribution >= 4 is 23.7 Å². The molecule has 0 unspecified atom stereocenters. The third-order valence-electron chi connectivity index (χ3n) is 4.13. The molecule has 11 nitrogen and oxygen atoms in total. The van der Waals surface area contributed by atoms with Crippen LogP contribution in [0, 0.1) is 0 Å². The van der Waals surface area contributed by atoms with Crippen LogP contribution in [0.2, 0.25) is 0 Å². The van der Waals surface area contributed by atoms with Crippen LogP contribution < -0.4 is 0 Å². The Morgan fingerprint density at radius 3 is 1.39 bits per heavy atom. The largest absolute Gasteiger partial charge is 0.476 e. The van der Waals surface area contributed by atoms with Gasteiger partial charge < -0.3 is 33.5 Å². The van der Waals surface area contributed by atoms with Crippen molar-refractivity contribution in [1.82, 2.24) is 0 Å². The summed E-state index contributed by atoms with van der Waals surface area (Å²) in [6, 6.07) is 0. The monoisotopic (exact) mass is 478 g/mol. The molecule has 33 heavy (non-hydrogen) atoms. The third-order valence-corrected chi connectivity index (χ3v) is 4.13. The number of ether oxygens (including phenoxy) is 6.